The number of aromatic nitrogens is 4. The van der Waals surface area contributed by atoms with E-state index in [-0.39, 0.29) is 12.5 Å². The van der Waals surface area contributed by atoms with Crippen molar-refractivity contribution < 1.29 is 9.53 Å². The normalized spacial score (nSPS) is 14.2. The van der Waals surface area contributed by atoms with Crippen LogP contribution in [0.2, 0.25) is 0 Å². The van der Waals surface area contributed by atoms with Crippen LogP contribution in [-0.4, -0.2) is 39.8 Å². The van der Waals surface area contributed by atoms with E-state index in [1.807, 2.05) is 28.9 Å². The van der Waals surface area contributed by atoms with E-state index in [0.717, 1.165) is 24.2 Å². The van der Waals surface area contributed by atoms with Gasteiger partial charge in [-0.2, -0.15) is 0 Å². The van der Waals surface area contributed by atoms with Crippen molar-refractivity contribution in [2.45, 2.75) is 18.9 Å². The number of rotatable bonds is 5. The number of benzene rings is 1. The number of anilines is 1. The molecule has 1 aromatic heterocycles. The summed E-state index contributed by atoms with van der Waals surface area (Å²) in [6.45, 7) is 0.0318. The molecule has 1 amide bonds. The second kappa shape index (κ2) is 5.38. The van der Waals surface area contributed by atoms with Gasteiger partial charge in [-0.25, -0.2) is 4.68 Å². The highest BCUT2D eigenvalue weighted by Gasteiger charge is 2.28. The van der Waals surface area contributed by atoms with Crippen LogP contribution >= 0.6 is 0 Å². The Kier molecular flexibility index (Phi) is 3.42. The van der Waals surface area contributed by atoms with Crippen LogP contribution in [0.1, 0.15) is 18.9 Å². The number of carbonyl (C=O) groups excluding carboxylic acids is 1. The lowest BCUT2D eigenvalue weighted by Crippen LogP contribution is -2.17. The van der Waals surface area contributed by atoms with E-state index in [9.17, 15) is 4.79 Å². The van der Waals surface area contributed by atoms with Gasteiger partial charge in [-0.3, -0.25) is 4.79 Å². The van der Waals surface area contributed by atoms with Crippen LogP contribution in [0.5, 0.6) is 0 Å². The minimum atomic E-state index is -0.188. The van der Waals surface area contributed by atoms with E-state index in [1.165, 1.54) is 7.11 Å². The molecule has 7 nitrogen and oxygen atoms in total. The van der Waals surface area contributed by atoms with Gasteiger partial charge in [0.25, 0.3) is 0 Å². The van der Waals surface area contributed by atoms with E-state index in [2.05, 4.69) is 20.8 Å². The molecule has 2 aromatic rings. The molecule has 0 spiro atoms. The fourth-order valence-electron chi connectivity index (χ4n) is 2.01. The molecule has 104 valence electrons. The van der Waals surface area contributed by atoms with E-state index < -0.39 is 0 Å². The van der Waals surface area contributed by atoms with Crippen molar-refractivity contribution >= 4 is 11.6 Å². The molecule has 0 aliphatic heterocycles. The first kappa shape index (κ1) is 12.7. The molecule has 20 heavy (non-hydrogen) atoms. The third-order valence-electron chi connectivity index (χ3n) is 3.07. The predicted molar refractivity (Wildman–Crippen MR) is 72.0 cm³/mol. The van der Waals surface area contributed by atoms with Crippen LogP contribution in [0.4, 0.5) is 5.69 Å². The molecule has 1 aliphatic carbocycles. The van der Waals surface area contributed by atoms with Gasteiger partial charge in [-0.15, -0.1) is 5.10 Å². The Morgan fingerprint density at radius 1 is 1.50 bits per heavy atom. The smallest absolute Gasteiger partial charge is 0.250 e. The van der Waals surface area contributed by atoms with Crippen molar-refractivity contribution in [2.75, 3.05) is 19.0 Å². The van der Waals surface area contributed by atoms with Crippen LogP contribution in [0, 0.1) is 0 Å². The van der Waals surface area contributed by atoms with Crippen LogP contribution in [0.15, 0.2) is 24.3 Å². The van der Waals surface area contributed by atoms with Crippen molar-refractivity contribution in [3.63, 3.8) is 0 Å². The average Bonchev–Trinajstić information content (AvgIpc) is 3.16. The Labute approximate surface area is 115 Å². The highest BCUT2D eigenvalue weighted by Crippen LogP contribution is 2.36. The molecule has 0 unspecified atom stereocenters. The second-order valence-electron chi connectivity index (χ2n) is 4.74. The van der Waals surface area contributed by atoms with Crippen molar-refractivity contribution in [3.8, 4) is 11.4 Å². The van der Waals surface area contributed by atoms with Gasteiger partial charge in [0.1, 0.15) is 6.61 Å². The highest BCUT2D eigenvalue weighted by atomic mass is 16.5. The van der Waals surface area contributed by atoms with Crippen molar-refractivity contribution in [3.05, 3.63) is 24.3 Å². The molecule has 1 aromatic carbocycles. The monoisotopic (exact) mass is 273 g/mol. The summed E-state index contributed by atoms with van der Waals surface area (Å²) in [5.74, 6) is 0.543. The van der Waals surface area contributed by atoms with Gasteiger partial charge in [-0.1, -0.05) is 12.1 Å². The molecular formula is C13H15N5O2. The number of hydrogen-bond donors (Lipinski definition) is 1. The number of tetrazole rings is 1. The molecular weight excluding hydrogens is 258 g/mol. The quantitative estimate of drug-likeness (QED) is 0.886. The van der Waals surface area contributed by atoms with Crippen LogP contribution in [0.3, 0.4) is 0 Å². The zero-order valence-electron chi connectivity index (χ0n) is 11.1. The van der Waals surface area contributed by atoms with Crippen molar-refractivity contribution in [1.82, 2.24) is 20.2 Å². The summed E-state index contributed by atoms with van der Waals surface area (Å²) in [6, 6.07) is 7.88. The number of nitrogens with one attached hydrogen (secondary N) is 1. The van der Waals surface area contributed by atoms with Crippen molar-refractivity contribution in [1.29, 1.82) is 0 Å². The van der Waals surface area contributed by atoms with Gasteiger partial charge in [0.15, 0.2) is 5.82 Å². The highest BCUT2D eigenvalue weighted by molar-refractivity contribution is 5.92. The number of amides is 1. The van der Waals surface area contributed by atoms with Crippen molar-refractivity contribution in [2.24, 2.45) is 0 Å². The van der Waals surface area contributed by atoms with Gasteiger partial charge >= 0.3 is 0 Å². The molecule has 1 saturated carbocycles. The number of ether oxygens (including phenoxy) is 1. The summed E-state index contributed by atoms with van der Waals surface area (Å²) in [7, 11) is 1.49. The molecule has 1 fully saturated rings. The fraction of sp³-hybridized carbons (Fsp3) is 0.385. The van der Waals surface area contributed by atoms with E-state index >= 15 is 0 Å². The maximum absolute atomic E-state index is 11.5. The first-order valence-corrected chi connectivity index (χ1v) is 6.45. The predicted octanol–water partition coefficient (Wildman–Crippen LogP) is 1.26. The summed E-state index contributed by atoms with van der Waals surface area (Å²) in [5.41, 5.74) is 1.59. The zero-order valence-corrected chi connectivity index (χ0v) is 11.1. The number of hydrogen-bond acceptors (Lipinski definition) is 5. The fourth-order valence-corrected chi connectivity index (χ4v) is 2.01. The molecule has 3 rings (SSSR count). The largest absolute Gasteiger partial charge is 0.375 e. The Bertz CT molecular complexity index is 621. The summed E-state index contributed by atoms with van der Waals surface area (Å²) in [5, 5.41) is 14.6. The Hall–Kier alpha value is -2.28. The van der Waals surface area contributed by atoms with Gasteiger partial charge in [0.05, 0.1) is 6.04 Å². The minimum Gasteiger partial charge on any atom is -0.375 e. The molecule has 1 N–H and O–H groups in total. The second-order valence-corrected chi connectivity index (χ2v) is 4.74. The third kappa shape index (κ3) is 2.67. The standard InChI is InChI=1S/C13H15N5O2/c1-20-8-12(19)14-10-4-2-3-9(7-10)13-15-16-17-18(13)11-5-6-11/h2-4,7,11H,5-6,8H2,1H3,(H,14,19). The first-order chi connectivity index (χ1) is 9.78. The molecule has 1 aliphatic rings. The lowest BCUT2D eigenvalue weighted by atomic mass is 10.2. The summed E-state index contributed by atoms with van der Waals surface area (Å²) < 4.78 is 6.63. The Morgan fingerprint density at radius 3 is 3.10 bits per heavy atom. The maximum atomic E-state index is 11.5. The summed E-state index contributed by atoms with van der Waals surface area (Å²) in [4.78, 5) is 11.5. The lowest BCUT2D eigenvalue weighted by molar-refractivity contribution is -0.119. The van der Waals surface area contributed by atoms with Gasteiger partial charge in [0, 0.05) is 18.4 Å². The minimum absolute atomic E-state index is 0.0318. The van der Waals surface area contributed by atoms with E-state index in [1.54, 1.807) is 0 Å². The molecule has 7 heteroatoms. The van der Waals surface area contributed by atoms with E-state index in [0.29, 0.717) is 11.7 Å². The molecule has 1 heterocycles. The molecule has 0 saturated heterocycles. The Morgan fingerprint density at radius 2 is 2.35 bits per heavy atom. The number of carbonyl (C=O) groups is 1. The lowest BCUT2D eigenvalue weighted by Gasteiger charge is -2.07. The average molecular weight is 273 g/mol. The first-order valence-electron chi connectivity index (χ1n) is 6.45. The molecule has 0 radical (unpaired) electrons. The molecule has 0 atom stereocenters. The third-order valence-corrected chi connectivity index (χ3v) is 3.07. The van der Waals surface area contributed by atoms with Gasteiger partial charge < -0.3 is 10.1 Å². The summed E-state index contributed by atoms with van der Waals surface area (Å²) >= 11 is 0. The van der Waals surface area contributed by atoms with Crippen LogP contribution in [-0.2, 0) is 9.53 Å². The number of methoxy groups -OCH3 is 1. The van der Waals surface area contributed by atoms with Crippen LogP contribution < -0.4 is 5.32 Å². The maximum Gasteiger partial charge on any atom is 0.250 e. The molecule has 0 bridgehead atoms. The Balaban J connectivity index is 1.83. The summed E-state index contributed by atoms with van der Waals surface area (Å²) in [6.07, 6.45) is 2.23. The van der Waals surface area contributed by atoms with Gasteiger partial charge in [-0.05, 0) is 35.4 Å². The van der Waals surface area contributed by atoms with Gasteiger partial charge in [0.2, 0.25) is 5.91 Å². The van der Waals surface area contributed by atoms with E-state index in [4.69, 9.17) is 4.74 Å². The topological polar surface area (TPSA) is 81.9 Å². The SMILES string of the molecule is COCC(=O)Nc1cccc(-c2nnnn2C2CC2)c1. The zero-order chi connectivity index (χ0) is 13.9. The van der Waals surface area contributed by atoms with Crippen LogP contribution in [0.25, 0.3) is 11.4 Å². The number of nitrogens with zero attached hydrogens (tertiary/aromatic N) is 4.